The van der Waals surface area contributed by atoms with Crippen LogP contribution in [0.15, 0.2) is 0 Å². The van der Waals surface area contributed by atoms with Crippen molar-refractivity contribution < 1.29 is 0 Å². The van der Waals surface area contributed by atoms with Crippen LogP contribution in [0.2, 0.25) is 0 Å². The molecule has 1 N–H and O–H groups in total. The van der Waals surface area contributed by atoms with Gasteiger partial charge >= 0.3 is 0 Å². The van der Waals surface area contributed by atoms with Gasteiger partial charge in [0.05, 0.1) is 4.87 Å². The molecule has 2 fully saturated rings. The van der Waals surface area contributed by atoms with Crippen LogP contribution < -0.4 is 5.32 Å². The first-order valence-corrected chi connectivity index (χ1v) is 7.48. The quantitative estimate of drug-likeness (QED) is 0.688. The van der Waals surface area contributed by atoms with Crippen LogP contribution in [0.5, 0.6) is 0 Å². The van der Waals surface area contributed by atoms with Crippen LogP contribution >= 0.6 is 23.5 Å². The van der Waals surface area contributed by atoms with Gasteiger partial charge in [0.2, 0.25) is 0 Å². The average Bonchev–Trinajstić information content (AvgIpc) is 2.24. The summed E-state index contributed by atoms with van der Waals surface area (Å²) < 4.78 is 0. The summed E-state index contributed by atoms with van der Waals surface area (Å²) in [6, 6.07) is 0. The lowest BCUT2D eigenvalue weighted by Crippen LogP contribution is -2.53. The molecule has 0 amide bonds. The summed E-state index contributed by atoms with van der Waals surface area (Å²) in [5.41, 5.74) is 0.835. The van der Waals surface area contributed by atoms with Crippen LogP contribution in [-0.4, -0.2) is 27.7 Å². The van der Waals surface area contributed by atoms with Gasteiger partial charge in [-0.05, 0) is 31.4 Å². The Morgan fingerprint density at radius 3 is 2.21 bits per heavy atom. The molecule has 2 heterocycles. The van der Waals surface area contributed by atoms with Gasteiger partial charge in [0.1, 0.15) is 0 Å². The van der Waals surface area contributed by atoms with Crippen molar-refractivity contribution in [2.24, 2.45) is 5.41 Å². The SMILES string of the molecule is CC1(C)CSCC2(C1)NC(C)(C)CS2. The number of rotatable bonds is 0. The van der Waals surface area contributed by atoms with Crippen molar-refractivity contribution in [1.82, 2.24) is 5.32 Å². The Balaban J connectivity index is 2.10. The second-order valence-corrected chi connectivity index (χ2v) is 8.47. The fourth-order valence-electron chi connectivity index (χ4n) is 2.55. The van der Waals surface area contributed by atoms with E-state index >= 15 is 0 Å². The molecule has 0 aliphatic carbocycles. The molecule has 0 bridgehead atoms. The van der Waals surface area contributed by atoms with Crippen LogP contribution in [-0.2, 0) is 0 Å². The Bertz CT molecular complexity index is 237. The van der Waals surface area contributed by atoms with Gasteiger partial charge in [-0.15, -0.1) is 11.8 Å². The lowest BCUT2D eigenvalue weighted by atomic mass is 9.86. The lowest BCUT2D eigenvalue weighted by Gasteiger charge is -2.42. The molecule has 0 radical (unpaired) electrons. The fourth-order valence-corrected chi connectivity index (χ4v) is 5.94. The minimum atomic E-state index is 0.332. The van der Waals surface area contributed by atoms with E-state index in [1.165, 1.54) is 23.7 Å². The zero-order valence-corrected chi connectivity index (χ0v) is 11.3. The molecule has 1 atom stereocenters. The third-order valence-corrected chi connectivity index (χ3v) is 6.54. The van der Waals surface area contributed by atoms with Crippen LogP contribution in [0.25, 0.3) is 0 Å². The molecule has 0 saturated carbocycles. The summed E-state index contributed by atoms with van der Waals surface area (Å²) in [5, 5.41) is 3.84. The lowest BCUT2D eigenvalue weighted by molar-refractivity contribution is 0.270. The molecular weight excluding hydrogens is 210 g/mol. The summed E-state index contributed by atoms with van der Waals surface area (Å²) >= 11 is 4.26. The normalized spacial score (nSPS) is 40.3. The van der Waals surface area contributed by atoms with Gasteiger partial charge in [-0.3, -0.25) is 5.32 Å². The molecule has 2 rings (SSSR count). The Morgan fingerprint density at radius 1 is 1.00 bits per heavy atom. The minimum absolute atomic E-state index is 0.332. The molecule has 1 unspecified atom stereocenters. The molecule has 3 heteroatoms. The van der Waals surface area contributed by atoms with Crippen LogP contribution in [0.3, 0.4) is 0 Å². The van der Waals surface area contributed by atoms with Crippen molar-refractivity contribution in [3.63, 3.8) is 0 Å². The van der Waals surface area contributed by atoms with Crippen molar-refractivity contribution in [2.75, 3.05) is 17.3 Å². The second kappa shape index (κ2) is 3.33. The van der Waals surface area contributed by atoms with Gasteiger partial charge in [0.25, 0.3) is 0 Å². The van der Waals surface area contributed by atoms with E-state index in [1.807, 2.05) is 0 Å². The molecule has 1 nitrogen and oxygen atoms in total. The summed E-state index contributed by atoms with van der Waals surface area (Å²) in [6.07, 6.45) is 1.32. The average molecular weight is 231 g/mol. The molecule has 2 aliphatic rings. The number of thioether (sulfide) groups is 2. The summed E-state index contributed by atoms with van der Waals surface area (Å²) in [7, 11) is 0. The van der Waals surface area contributed by atoms with Gasteiger partial charge in [0, 0.05) is 17.0 Å². The molecule has 0 aromatic carbocycles. The molecule has 2 aliphatic heterocycles. The maximum atomic E-state index is 3.84. The molecule has 0 aromatic heterocycles. The van der Waals surface area contributed by atoms with Gasteiger partial charge in [0.15, 0.2) is 0 Å². The highest BCUT2D eigenvalue weighted by Gasteiger charge is 2.48. The minimum Gasteiger partial charge on any atom is -0.296 e. The van der Waals surface area contributed by atoms with E-state index in [9.17, 15) is 0 Å². The highest BCUT2D eigenvalue weighted by molar-refractivity contribution is 8.04. The van der Waals surface area contributed by atoms with E-state index in [2.05, 4.69) is 56.5 Å². The van der Waals surface area contributed by atoms with E-state index < -0.39 is 0 Å². The van der Waals surface area contributed by atoms with E-state index in [0.29, 0.717) is 15.8 Å². The van der Waals surface area contributed by atoms with Crippen molar-refractivity contribution >= 4 is 23.5 Å². The maximum absolute atomic E-state index is 3.84. The molecule has 82 valence electrons. The van der Waals surface area contributed by atoms with Crippen LogP contribution in [0.1, 0.15) is 34.1 Å². The van der Waals surface area contributed by atoms with Gasteiger partial charge < -0.3 is 0 Å². The van der Waals surface area contributed by atoms with E-state index in [-0.39, 0.29) is 0 Å². The molecule has 2 saturated heterocycles. The third-order valence-electron chi connectivity index (χ3n) is 2.87. The standard InChI is InChI=1S/C11H21NS2/c1-9(2)5-11(8-13-6-9)12-10(3,4)7-14-11/h12H,5-8H2,1-4H3. The first kappa shape index (κ1) is 11.2. The first-order chi connectivity index (χ1) is 6.33. The number of nitrogens with one attached hydrogen (secondary N) is 1. The molecule has 0 aromatic rings. The van der Waals surface area contributed by atoms with Crippen molar-refractivity contribution in [3.8, 4) is 0 Å². The third kappa shape index (κ3) is 2.25. The number of hydrogen-bond acceptors (Lipinski definition) is 3. The predicted molar refractivity (Wildman–Crippen MR) is 68.1 cm³/mol. The Labute approximate surface area is 96.2 Å². The topological polar surface area (TPSA) is 12.0 Å². The second-order valence-electron chi connectivity index (χ2n) is 6.13. The highest BCUT2D eigenvalue weighted by Crippen LogP contribution is 2.49. The van der Waals surface area contributed by atoms with Crippen molar-refractivity contribution in [1.29, 1.82) is 0 Å². The Hall–Kier alpha value is 0.660. The van der Waals surface area contributed by atoms with Crippen molar-refractivity contribution in [2.45, 2.75) is 44.5 Å². The Kier molecular flexibility index (Phi) is 2.65. The zero-order valence-electron chi connectivity index (χ0n) is 9.64. The number of hydrogen-bond donors (Lipinski definition) is 1. The fraction of sp³-hybridized carbons (Fsp3) is 1.00. The van der Waals surface area contributed by atoms with E-state index in [4.69, 9.17) is 0 Å². The molecule has 1 spiro atoms. The first-order valence-electron chi connectivity index (χ1n) is 5.34. The van der Waals surface area contributed by atoms with E-state index in [1.54, 1.807) is 0 Å². The summed E-state index contributed by atoms with van der Waals surface area (Å²) in [4.78, 5) is 0.371. The van der Waals surface area contributed by atoms with Crippen LogP contribution in [0.4, 0.5) is 0 Å². The Morgan fingerprint density at radius 2 is 1.71 bits per heavy atom. The highest BCUT2D eigenvalue weighted by atomic mass is 32.2. The smallest absolute Gasteiger partial charge is 0.0746 e. The largest absolute Gasteiger partial charge is 0.296 e. The van der Waals surface area contributed by atoms with Gasteiger partial charge in [-0.25, -0.2) is 0 Å². The summed E-state index contributed by atoms with van der Waals surface area (Å²) in [5.74, 6) is 3.85. The molecular formula is C11H21NS2. The van der Waals surface area contributed by atoms with Crippen LogP contribution in [0, 0.1) is 5.41 Å². The van der Waals surface area contributed by atoms with E-state index in [0.717, 1.165) is 0 Å². The monoisotopic (exact) mass is 231 g/mol. The zero-order chi connectivity index (χ0) is 10.4. The maximum Gasteiger partial charge on any atom is 0.0746 e. The predicted octanol–water partition coefficient (Wildman–Crippen LogP) is 2.96. The summed E-state index contributed by atoms with van der Waals surface area (Å²) in [6.45, 7) is 9.44. The van der Waals surface area contributed by atoms with Crippen molar-refractivity contribution in [3.05, 3.63) is 0 Å². The van der Waals surface area contributed by atoms with Gasteiger partial charge in [-0.2, -0.15) is 11.8 Å². The molecule has 14 heavy (non-hydrogen) atoms. The van der Waals surface area contributed by atoms with Gasteiger partial charge in [-0.1, -0.05) is 13.8 Å².